The van der Waals surface area contributed by atoms with Gasteiger partial charge in [0.15, 0.2) is 8.45 Å². The number of hydrogen-bond acceptors (Lipinski definition) is 4. The van der Waals surface area contributed by atoms with Crippen molar-refractivity contribution in [2.24, 2.45) is 0 Å². The van der Waals surface area contributed by atoms with Crippen LogP contribution in [0.2, 0.25) is 0 Å². The van der Waals surface area contributed by atoms with Gasteiger partial charge in [-0.3, -0.25) is 4.57 Å². The Labute approximate surface area is 155 Å². The molecule has 25 heavy (non-hydrogen) atoms. The monoisotopic (exact) mass is 396 g/mol. The summed E-state index contributed by atoms with van der Waals surface area (Å²) in [4.78, 5) is 17.7. The molecule has 150 valence electrons. The van der Waals surface area contributed by atoms with Crippen LogP contribution >= 0.6 is 16.0 Å². The first kappa shape index (κ1) is 25.2. The summed E-state index contributed by atoms with van der Waals surface area (Å²) in [5, 5.41) is 0. The quantitative estimate of drug-likeness (QED) is 0.360. The maximum Gasteiger partial charge on any atom is 0.348 e. The molecule has 0 saturated heterocycles. The Morgan fingerprint density at radius 3 is 1.64 bits per heavy atom. The predicted molar refractivity (Wildman–Crippen MR) is 108 cm³/mol. The second-order valence-electron chi connectivity index (χ2n) is 7.34. The third-order valence-electron chi connectivity index (χ3n) is 3.53. The van der Waals surface area contributed by atoms with Gasteiger partial charge in [0.2, 0.25) is 0 Å². The molecule has 0 aliphatic carbocycles. The first-order valence-electron chi connectivity index (χ1n) is 9.11. The van der Waals surface area contributed by atoms with Gasteiger partial charge in [-0.25, -0.2) is 9.34 Å². The van der Waals surface area contributed by atoms with Crippen LogP contribution in [0.5, 0.6) is 0 Å². The fourth-order valence-electron chi connectivity index (χ4n) is 2.79. The summed E-state index contributed by atoms with van der Waals surface area (Å²) in [6, 6.07) is 1.50. The molecule has 2 N–H and O–H groups in total. The second kappa shape index (κ2) is 11.8. The number of allylic oxidation sites excluding steroid dienone is 1. The van der Waals surface area contributed by atoms with Crippen molar-refractivity contribution in [2.75, 3.05) is 6.61 Å². The molecular weight excluding hydrogens is 358 g/mol. The van der Waals surface area contributed by atoms with Crippen molar-refractivity contribution in [3.8, 4) is 0 Å². The maximum absolute atomic E-state index is 10.8. The number of unbranched alkanes of at least 4 members (excludes halogenated alkanes) is 1. The minimum absolute atomic E-state index is 0.376. The van der Waals surface area contributed by atoms with E-state index in [1.54, 1.807) is 0 Å². The van der Waals surface area contributed by atoms with Crippen molar-refractivity contribution in [1.82, 2.24) is 9.34 Å². The van der Waals surface area contributed by atoms with Gasteiger partial charge in [0, 0.05) is 30.0 Å². The van der Waals surface area contributed by atoms with Crippen molar-refractivity contribution in [2.45, 2.75) is 92.4 Å². The van der Waals surface area contributed by atoms with Crippen LogP contribution in [0.3, 0.4) is 0 Å². The number of nitrogens with zero attached hydrogens (tertiary/aromatic N) is 2. The zero-order valence-corrected chi connectivity index (χ0v) is 18.9. The molecule has 0 aliphatic heterocycles. The Hall–Kier alpha value is 0.200. The van der Waals surface area contributed by atoms with Crippen LogP contribution in [0.1, 0.15) is 68.2 Å². The molecule has 0 aromatic heterocycles. The van der Waals surface area contributed by atoms with Gasteiger partial charge in [-0.1, -0.05) is 6.08 Å². The maximum atomic E-state index is 10.8. The zero-order chi connectivity index (χ0) is 19.8. The molecular formula is C17H38N2O4P2. The topological polar surface area (TPSA) is 73.2 Å². The molecule has 0 aliphatic rings. The molecule has 0 radical (unpaired) electrons. The predicted octanol–water partition coefficient (Wildman–Crippen LogP) is 4.94. The average molecular weight is 396 g/mol. The van der Waals surface area contributed by atoms with Crippen molar-refractivity contribution in [3.63, 3.8) is 0 Å². The summed E-state index contributed by atoms with van der Waals surface area (Å²) in [6.45, 7) is 18.1. The van der Waals surface area contributed by atoms with E-state index in [0.29, 0.717) is 37.2 Å². The lowest BCUT2D eigenvalue weighted by molar-refractivity contribution is 0.186. The highest BCUT2D eigenvalue weighted by Crippen LogP contribution is 2.50. The molecule has 0 unspecified atom stereocenters. The lowest BCUT2D eigenvalue weighted by Gasteiger charge is -2.45. The molecule has 0 aromatic rings. The summed E-state index contributed by atoms with van der Waals surface area (Å²) >= 11 is 0. The Balaban J connectivity index is 5.02. The molecule has 0 spiro atoms. The van der Waals surface area contributed by atoms with E-state index in [2.05, 4.69) is 64.7 Å². The van der Waals surface area contributed by atoms with E-state index < -0.39 is 16.0 Å². The van der Waals surface area contributed by atoms with Gasteiger partial charge in [-0.2, -0.15) is 0 Å². The standard InChI is InChI=1S/C17H38N2O4P2/c1-14(2)18(15(3)4)24(19(16(5)6)17(7)8)23-12-10-9-11-13-25(20,21)22/h11,13-17H,9-10,12H2,1-8H3,(H2,20,21,22)/b13-11+. The van der Waals surface area contributed by atoms with Crippen LogP contribution in [0.25, 0.3) is 0 Å². The number of hydrogen-bond donors (Lipinski definition) is 2. The molecule has 8 heteroatoms. The highest BCUT2D eigenvalue weighted by atomic mass is 31.2. The third kappa shape index (κ3) is 10.2. The summed E-state index contributed by atoms with van der Waals surface area (Å²) in [6.07, 6.45) is 2.88. The first-order chi connectivity index (χ1) is 11.4. The van der Waals surface area contributed by atoms with E-state index in [1.165, 1.54) is 6.08 Å². The SMILES string of the molecule is CC(C)N(C(C)C)P(OCCC/C=C/P(=O)(O)O)N(C(C)C)C(C)C. The fraction of sp³-hybridized carbons (Fsp3) is 0.882. The summed E-state index contributed by atoms with van der Waals surface area (Å²) in [5.41, 5.74) is 0. The minimum Gasteiger partial charge on any atom is -0.331 e. The van der Waals surface area contributed by atoms with Gasteiger partial charge in [-0.05, 0) is 68.2 Å². The van der Waals surface area contributed by atoms with Gasteiger partial charge >= 0.3 is 7.60 Å². The van der Waals surface area contributed by atoms with Gasteiger partial charge in [0.25, 0.3) is 0 Å². The van der Waals surface area contributed by atoms with Crippen molar-refractivity contribution in [1.29, 1.82) is 0 Å². The van der Waals surface area contributed by atoms with Gasteiger partial charge in [0.05, 0.1) is 6.61 Å². The normalized spacial score (nSPS) is 14.0. The lowest BCUT2D eigenvalue weighted by atomic mass is 10.3. The van der Waals surface area contributed by atoms with Crippen LogP contribution in [0.4, 0.5) is 0 Å². The van der Waals surface area contributed by atoms with Gasteiger partial charge < -0.3 is 14.3 Å². The van der Waals surface area contributed by atoms with E-state index in [1.807, 2.05) is 0 Å². The molecule has 0 atom stereocenters. The molecule has 0 amide bonds. The van der Waals surface area contributed by atoms with E-state index in [0.717, 1.165) is 12.2 Å². The Kier molecular flexibility index (Phi) is 11.9. The van der Waals surface area contributed by atoms with E-state index in [-0.39, 0.29) is 0 Å². The van der Waals surface area contributed by atoms with Crippen LogP contribution in [0.15, 0.2) is 11.9 Å². The van der Waals surface area contributed by atoms with E-state index in [9.17, 15) is 4.57 Å². The Morgan fingerprint density at radius 2 is 1.32 bits per heavy atom. The third-order valence-corrected chi connectivity index (χ3v) is 7.18. The summed E-state index contributed by atoms with van der Waals surface area (Å²) in [7, 11) is -4.95. The van der Waals surface area contributed by atoms with Crippen molar-refractivity contribution < 1.29 is 18.9 Å². The largest absolute Gasteiger partial charge is 0.348 e. The number of rotatable bonds is 12. The van der Waals surface area contributed by atoms with E-state index >= 15 is 0 Å². The van der Waals surface area contributed by atoms with Gasteiger partial charge in [-0.15, -0.1) is 0 Å². The smallest absolute Gasteiger partial charge is 0.331 e. The van der Waals surface area contributed by atoms with E-state index in [4.69, 9.17) is 14.3 Å². The first-order valence-corrected chi connectivity index (χ1v) is 12.0. The average Bonchev–Trinajstić information content (AvgIpc) is 2.39. The van der Waals surface area contributed by atoms with Crippen molar-refractivity contribution in [3.05, 3.63) is 11.9 Å². The molecule has 0 saturated carbocycles. The van der Waals surface area contributed by atoms with Gasteiger partial charge in [0.1, 0.15) is 0 Å². The molecule has 0 heterocycles. The Bertz CT molecular complexity index is 400. The van der Waals surface area contributed by atoms with Crippen LogP contribution in [0, 0.1) is 0 Å². The second-order valence-corrected chi connectivity index (χ2v) is 10.5. The molecule has 0 bridgehead atoms. The Morgan fingerprint density at radius 1 is 0.920 bits per heavy atom. The summed E-state index contributed by atoms with van der Waals surface area (Å²) in [5.74, 6) is 0.971. The van der Waals surface area contributed by atoms with Crippen molar-refractivity contribution >= 4 is 16.0 Å². The van der Waals surface area contributed by atoms with Crippen LogP contribution < -0.4 is 0 Å². The molecule has 0 fully saturated rings. The highest BCUT2D eigenvalue weighted by molar-refractivity contribution is 7.55. The molecule has 0 rings (SSSR count). The lowest BCUT2D eigenvalue weighted by Crippen LogP contribution is -2.43. The summed E-state index contributed by atoms with van der Waals surface area (Å²) < 4.78 is 22.0. The van der Waals surface area contributed by atoms with Crippen LogP contribution in [-0.2, 0) is 9.09 Å². The molecule has 6 nitrogen and oxygen atoms in total. The highest BCUT2D eigenvalue weighted by Gasteiger charge is 2.34. The zero-order valence-electron chi connectivity index (χ0n) is 17.1. The molecule has 0 aromatic carbocycles. The fourth-order valence-corrected chi connectivity index (χ4v) is 5.60. The minimum atomic E-state index is -4.05. The van der Waals surface area contributed by atoms with Crippen LogP contribution in [-0.4, -0.2) is 49.9 Å².